The molecule has 0 aromatic carbocycles. The standard InChI is InChI=1S/C16H18N6O/c1-23-13-10-17-16(22-7-3-2-4-8-22)19-15(13)18-14-9-12(20-21-14)11-5-6-11/h3,5,7,9-10H,2,4,6,8H2,1H3,(H2,17,18,19,20,21). The summed E-state index contributed by atoms with van der Waals surface area (Å²) >= 11 is 0. The summed E-state index contributed by atoms with van der Waals surface area (Å²) in [6.45, 7) is 0.920. The number of ether oxygens (including phenoxy) is 1. The van der Waals surface area contributed by atoms with E-state index in [4.69, 9.17) is 4.74 Å². The van der Waals surface area contributed by atoms with E-state index >= 15 is 0 Å². The first-order valence-corrected chi connectivity index (χ1v) is 7.69. The van der Waals surface area contributed by atoms with Gasteiger partial charge in [0.15, 0.2) is 17.4 Å². The molecule has 0 amide bonds. The molecular weight excluding hydrogens is 292 g/mol. The number of nitrogens with zero attached hydrogens (tertiary/aromatic N) is 4. The van der Waals surface area contributed by atoms with Crippen LogP contribution in [0.3, 0.4) is 0 Å². The summed E-state index contributed by atoms with van der Waals surface area (Å²) in [4.78, 5) is 11.0. The van der Waals surface area contributed by atoms with E-state index in [1.54, 1.807) is 13.3 Å². The van der Waals surface area contributed by atoms with Crippen LogP contribution in [0.1, 0.15) is 25.0 Å². The van der Waals surface area contributed by atoms with Crippen LogP contribution in [-0.2, 0) is 0 Å². The van der Waals surface area contributed by atoms with Crippen molar-refractivity contribution in [2.45, 2.75) is 19.3 Å². The highest BCUT2D eigenvalue weighted by Gasteiger charge is 2.16. The largest absolute Gasteiger partial charge is 0.491 e. The lowest BCUT2D eigenvalue weighted by Gasteiger charge is -2.22. The maximum atomic E-state index is 5.35. The molecule has 0 radical (unpaired) electrons. The number of allylic oxidation sites excluding steroid dienone is 3. The fourth-order valence-corrected chi connectivity index (χ4v) is 2.50. The van der Waals surface area contributed by atoms with E-state index in [0.29, 0.717) is 23.3 Å². The normalized spacial score (nSPS) is 16.2. The third-order valence-electron chi connectivity index (χ3n) is 3.85. The van der Waals surface area contributed by atoms with E-state index in [-0.39, 0.29) is 0 Å². The summed E-state index contributed by atoms with van der Waals surface area (Å²) in [5.41, 5.74) is 2.33. The Morgan fingerprint density at radius 1 is 1.39 bits per heavy atom. The maximum Gasteiger partial charge on any atom is 0.231 e. The second-order valence-electron chi connectivity index (χ2n) is 5.53. The molecule has 0 saturated heterocycles. The van der Waals surface area contributed by atoms with Crippen LogP contribution < -0.4 is 15.0 Å². The van der Waals surface area contributed by atoms with Crippen molar-refractivity contribution in [2.24, 2.45) is 0 Å². The van der Waals surface area contributed by atoms with Gasteiger partial charge in [-0.2, -0.15) is 10.1 Å². The zero-order valence-corrected chi connectivity index (χ0v) is 12.9. The second-order valence-corrected chi connectivity index (χ2v) is 5.53. The Bertz CT molecular complexity index is 779. The van der Waals surface area contributed by atoms with E-state index in [1.807, 2.05) is 17.2 Å². The van der Waals surface area contributed by atoms with Gasteiger partial charge in [0.05, 0.1) is 19.0 Å². The summed E-state index contributed by atoms with van der Waals surface area (Å²) in [6.07, 6.45) is 11.2. The van der Waals surface area contributed by atoms with Gasteiger partial charge in [0.1, 0.15) is 0 Å². The van der Waals surface area contributed by atoms with Crippen molar-refractivity contribution in [3.8, 4) is 5.75 Å². The lowest BCUT2D eigenvalue weighted by atomic mass is 10.2. The van der Waals surface area contributed by atoms with Gasteiger partial charge >= 0.3 is 0 Å². The first-order valence-electron chi connectivity index (χ1n) is 7.69. The number of H-pyrrole nitrogens is 1. The van der Waals surface area contributed by atoms with Crippen molar-refractivity contribution in [2.75, 3.05) is 23.9 Å². The van der Waals surface area contributed by atoms with Crippen LogP contribution in [0.25, 0.3) is 5.57 Å². The zero-order chi connectivity index (χ0) is 15.6. The summed E-state index contributed by atoms with van der Waals surface area (Å²) in [7, 11) is 1.61. The van der Waals surface area contributed by atoms with Gasteiger partial charge in [0, 0.05) is 18.8 Å². The molecule has 2 aromatic heterocycles. The Labute approximate surface area is 134 Å². The number of methoxy groups -OCH3 is 1. The summed E-state index contributed by atoms with van der Waals surface area (Å²) in [6, 6.07) is 1.97. The number of hydrogen-bond acceptors (Lipinski definition) is 6. The van der Waals surface area contributed by atoms with Gasteiger partial charge in [0.25, 0.3) is 0 Å². The predicted octanol–water partition coefficient (Wildman–Crippen LogP) is 2.85. The van der Waals surface area contributed by atoms with Crippen LogP contribution in [0.4, 0.5) is 17.6 Å². The molecule has 2 aromatic rings. The van der Waals surface area contributed by atoms with Gasteiger partial charge in [-0.3, -0.25) is 5.10 Å². The van der Waals surface area contributed by atoms with E-state index < -0.39 is 0 Å². The fourth-order valence-electron chi connectivity index (χ4n) is 2.50. The molecule has 0 bridgehead atoms. The molecule has 2 N–H and O–H groups in total. The maximum absolute atomic E-state index is 5.35. The highest BCUT2D eigenvalue weighted by atomic mass is 16.5. The van der Waals surface area contributed by atoms with Crippen LogP contribution in [0, 0.1) is 0 Å². The van der Waals surface area contributed by atoms with Crippen molar-refractivity contribution >= 4 is 23.2 Å². The van der Waals surface area contributed by atoms with Crippen LogP contribution in [0.5, 0.6) is 5.75 Å². The number of nitrogens with one attached hydrogen (secondary N) is 2. The Balaban J connectivity index is 1.60. The van der Waals surface area contributed by atoms with Crippen molar-refractivity contribution in [3.63, 3.8) is 0 Å². The van der Waals surface area contributed by atoms with Crippen molar-refractivity contribution < 1.29 is 4.74 Å². The molecule has 23 heavy (non-hydrogen) atoms. The average molecular weight is 310 g/mol. The molecule has 1 aliphatic heterocycles. The van der Waals surface area contributed by atoms with Gasteiger partial charge < -0.3 is 15.0 Å². The quantitative estimate of drug-likeness (QED) is 0.884. The van der Waals surface area contributed by atoms with Gasteiger partial charge in [-0.25, -0.2) is 4.98 Å². The van der Waals surface area contributed by atoms with Gasteiger partial charge in [-0.1, -0.05) is 12.2 Å². The fraction of sp³-hybridized carbons (Fsp3) is 0.312. The molecule has 0 spiro atoms. The molecular formula is C16H18N6O. The van der Waals surface area contributed by atoms with Crippen molar-refractivity contribution in [1.29, 1.82) is 0 Å². The monoisotopic (exact) mass is 310 g/mol. The molecule has 118 valence electrons. The Morgan fingerprint density at radius 3 is 3.04 bits per heavy atom. The third-order valence-corrected chi connectivity index (χ3v) is 3.85. The van der Waals surface area contributed by atoms with Crippen LogP contribution >= 0.6 is 0 Å². The number of hydrogen-bond donors (Lipinski definition) is 2. The number of rotatable bonds is 5. The van der Waals surface area contributed by atoms with Gasteiger partial charge in [0.2, 0.25) is 5.95 Å². The van der Waals surface area contributed by atoms with Crippen LogP contribution in [0.15, 0.2) is 30.6 Å². The first-order chi connectivity index (χ1) is 11.3. The zero-order valence-electron chi connectivity index (χ0n) is 12.9. The summed E-state index contributed by atoms with van der Waals surface area (Å²) < 4.78 is 5.35. The van der Waals surface area contributed by atoms with E-state index in [1.165, 1.54) is 5.57 Å². The topological polar surface area (TPSA) is 79.0 Å². The summed E-state index contributed by atoms with van der Waals surface area (Å²) in [5.74, 6) is 2.57. The number of aromatic amines is 1. The summed E-state index contributed by atoms with van der Waals surface area (Å²) in [5, 5.41) is 10.5. The minimum absolute atomic E-state index is 0.588. The lowest BCUT2D eigenvalue weighted by Crippen LogP contribution is -2.22. The van der Waals surface area contributed by atoms with E-state index in [2.05, 4.69) is 37.6 Å². The SMILES string of the molecule is COc1cnc(N2C=CCCC2)nc1Nc1cc(C2=CC2)[nH]n1. The smallest absolute Gasteiger partial charge is 0.231 e. The lowest BCUT2D eigenvalue weighted by molar-refractivity contribution is 0.413. The molecule has 0 fully saturated rings. The highest BCUT2D eigenvalue weighted by Crippen LogP contribution is 2.32. The Hall–Kier alpha value is -2.83. The number of anilines is 3. The molecule has 0 atom stereocenters. The third kappa shape index (κ3) is 2.90. The molecule has 1 aliphatic carbocycles. The highest BCUT2D eigenvalue weighted by molar-refractivity contribution is 5.77. The molecule has 4 rings (SSSR count). The van der Waals surface area contributed by atoms with Crippen LogP contribution in [-0.4, -0.2) is 33.8 Å². The molecule has 3 heterocycles. The van der Waals surface area contributed by atoms with Gasteiger partial charge in [-0.15, -0.1) is 0 Å². The second kappa shape index (κ2) is 5.75. The van der Waals surface area contributed by atoms with E-state index in [9.17, 15) is 0 Å². The van der Waals surface area contributed by atoms with Crippen LogP contribution in [0.2, 0.25) is 0 Å². The molecule has 7 heteroatoms. The average Bonchev–Trinajstić information content (AvgIpc) is 3.35. The predicted molar refractivity (Wildman–Crippen MR) is 88.8 cm³/mol. The minimum atomic E-state index is 0.588. The Morgan fingerprint density at radius 2 is 2.30 bits per heavy atom. The number of aromatic nitrogens is 4. The molecule has 0 saturated carbocycles. The van der Waals surface area contributed by atoms with Crippen molar-refractivity contribution in [1.82, 2.24) is 20.2 Å². The van der Waals surface area contributed by atoms with Gasteiger partial charge in [-0.05, 0) is 24.8 Å². The minimum Gasteiger partial charge on any atom is -0.491 e. The first kappa shape index (κ1) is 13.8. The molecule has 7 nitrogen and oxygen atoms in total. The van der Waals surface area contributed by atoms with E-state index in [0.717, 1.165) is 31.5 Å². The Kier molecular flexibility index (Phi) is 3.45. The van der Waals surface area contributed by atoms with Crippen molar-refractivity contribution in [3.05, 3.63) is 36.3 Å². The molecule has 2 aliphatic rings. The molecule has 0 unspecified atom stereocenters.